The summed E-state index contributed by atoms with van der Waals surface area (Å²) >= 11 is 0. The van der Waals surface area contributed by atoms with Crippen molar-refractivity contribution in [2.24, 2.45) is 16.9 Å². The molecule has 1 saturated heterocycles. The third-order valence-corrected chi connectivity index (χ3v) is 9.03. The number of hydrogen-bond donors (Lipinski definition) is 0. The van der Waals surface area contributed by atoms with E-state index in [0.717, 1.165) is 28.0 Å². The topological polar surface area (TPSA) is 54.7 Å². The first-order valence-electron chi connectivity index (χ1n) is 13.8. The maximum atomic E-state index is 13.9. The van der Waals surface area contributed by atoms with Crippen LogP contribution in [0.2, 0.25) is 0 Å². The van der Waals surface area contributed by atoms with Crippen LogP contribution in [0.5, 0.6) is 0 Å². The number of rotatable bonds is 4. The Hall–Kier alpha value is -4.77. The molecule has 5 aromatic rings. The molecule has 5 nitrogen and oxygen atoms in total. The molecule has 3 aliphatic carbocycles. The fraction of sp³-hybridized carbons (Fsp3) is 0.171. The van der Waals surface area contributed by atoms with Crippen molar-refractivity contribution in [2.45, 2.75) is 25.3 Å². The van der Waals surface area contributed by atoms with Crippen molar-refractivity contribution in [3.8, 4) is 0 Å². The smallest absolute Gasteiger partial charge is 0.254 e. The van der Waals surface area contributed by atoms with Crippen LogP contribution in [-0.2, 0) is 16.1 Å². The predicted molar refractivity (Wildman–Crippen MR) is 155 cm³/mol. The van der Waals surface area contributed by atoms with Gasteiger partial charge in [0.1, 0.15) is 0 Å². The summed E-state index contributed by atoms with van der Waals surface area (Å²) in [6.07, 6.45) is 3.74. The summed E-state index contributed by atoms with van der Waals surface area (Å²) in [5.74, 6) is -1.52. The first-order chi connectivity index (χ1) is 19.6. The summed E-state index contributed by atoms with van der Waals surface area (Å²) < 4.78 is 2.20. The third-order valence-electron chi connectivity index (χ3n) is 9.03. The van der Waals surface area contributed by atoms with Crippen molar-refractivity contribution < 1.29 is 9.59 Å². The van der Waals surface area contributed by atoms with Gasteiger partial charge in [0.15, 0.2) is 0 Å². The minimum atomic E-state index is -0.428. The Balaban J connectivity index is 1.16. The van der Waals surface area contributed by atoms with Gasteiger partial charge in [0, 0.05) is 41.0 Å². The number of carbonyl (C=O) groups is 2. The highest BCUT2D eigenvalue weighted by atomic mass is 16.2. The Bertz CT molecular complexity index is 1750. The fourth-order valence-electron chi connectivity index (χ4n) is 7.29. The minimum absolute atomic E-state index is 0.129. The van der Waals surface area contributed by atoms with E-state index >= 15 is 0 Å². The molecule has 194 valence electrons. The van der Waals surface area contributed by atoms with Crippen LogP contribution in [0, 0.1) is 18.8 Å². The molecule has 5 heteroatoms. The molecular weight excluding hydrogens is 494 g/mol. The highest BCUT2D eigenvalue weighted by Crippen LogP contribution is 2.60. The molecule has 0 spiro atoms. The molecule has 1 aliphatic heterocycles. The Morgan fingerprint density at radius 1 is 0.700 bits per heavy atom. The van der Waals surface area contributed by atoms with Gasteiger partial charge in [-0.15, -0.1) is 0 Å². The average molecular weight is 522 g/mol. The second-order valence-corrected chi connectivity index (χ2v) is 11.2. The number of aromatic nitrogens is 1. The molecule has 0 N–H and O–H groups in total. The zero-order valence-corrected chi connectivity index (χ0v) is 22.1. The number of hydrogen-bond acceptors (Lipinski definition) is 3. The van der Waals surface area contributed by atoms with Crippen molar-refractivity contribution >= 4 is 28.9 Å². The number of aryl methyl sites for hydroxylation is 1. The summed E-state index contributed by atoms with van der Waals surface area (Å²) in [6.45, 7) is 2.81. The first-order valence-corrected chi connectivity index (χ1v) is 13.8. The summed E-state index contributed by atoms with van der Waals surface area (Å²) in [7, 11) is 0. The number of amides is 2. The summed E-state index contributed by atoms with van der Waals surface area (Å²) in [5.41, 5.74) is 9.07. The molecule has 0 saturated carbocycles. The van der Waals surface area contributed by atoms with Gasteiger partial charge in [-0.1, -0.05) is 96.6 Å². The highest BCUT2D eigenvalue weighted by molar-refractivity contribution is 6.09. The van der Waals surface area contributed by atoms with Gasteiger partial charge in [-0.05, 0) is 40.8 Å². The van der Waals surface area contributed by atoms with E-state index < -0.39 is 11.8 Å². The zero-order chi connectivity index (χ0) is 27.0. The Kier molecular flexibility index (Phi) is 4.99. The second kappa shape index (κ2) is 8.62. The normalized spacial score (nSPS) is 22.7. The maximum absolute atomic E-state index is 13.9. The van der Waals surface area contributed by atoms with Crippen LogP contribution in [0.3, 0.4) is 0 Å². The molecule has 2 bridgehead atoms. The van der Waals surface area contributed by atoms with Gasteiger partial charge < -0.3 is 4.57 Å². The van der Waals surface area contributed by atoms with Gasteiger partial charge >= 0.3 is 0 Å². The molecule has 0 radical (unpaired) electrons. The number of para-hydroxylation sites is 1. The van der Waals surface area contributed by atoms with E-state index in [1.807, 2.05) is 36.4 Å². The van der Waals surface area contributed by atoms with Crippen molar-refractivity contribution in [1.82, 2.24) is 9.58 Å². The third kappa shape index (κ3) is 3.24. The molecule has 2 heterocycles. The Morgan fingerprint density at radius 3 is 1.80 bits per heavy atom. The monoisotopic (exact) mass is 521 g/mol. The predicted octanol–water partition coefficient (Wildman–Crippen LogP) is 6.22. The lowest BCUT2D eigenvalue weighted by molar-refractivity contribution is -0.139. The quantitative estimate of drug-likeness (QED) is 0.208. The number of hydrazone groups is 1. The standard InChI is InChI=1S/C35H27N3O2/c1-21-14-16-22(17-15-21)19-37-20-23(24-8-6-7-13-29(24)37)18-36-38-34(39)32-30-25-9-2-3-10-26(25)31(33(32)35(38)40)28-12-5-4-11-27(28)30/h2-18,20,30-33H,19H2,1H3. The van der Waals surface area contributed by atoms with Crippen molar-refractivity contribution in [3.63, 3.8) is 0 Å². The van der Waals surface area contributed by atoms with Crippen LogP contribution >= 0.6 is 0 Å². The number of nitrogens with zero attached hydrogens (tertiary/aromatic N) is 3. The van der Waals surface area contributed by atoms with E-state index in [0.29, 0.717) is 0 Å². The van der Waals surface area contributed by atoms with Gasteiger partial charge in [-0.3, -0.25) is 9.59 Å². The number of carbonyl (C=O) groups excluding carboxylic acids is 2. The molecule has 40 heavy (non-hydrogen) atoms. The van der Waals surface area contributed by atoms with Crippen LogP contribution in [0.4, 0.5) is 0 Å². The molecule has 2 atom stereocenters. The van der Waals surface area contributed by atoms with Crippen molar-refractivity contribution in [1.29, 1.82) is 0 Å². The molecule has 2 unspecified atom stereocenters. The average Bonchev–Trinajstić information content (AvgIpc) is 3.47. The summed E-state index contributed by atoms with van der Waals surface area (Å²) in [6, 6.07) is 33.3. The van der Waals surface area contributed by atoms with Gasteiger partial charge in [0.05, 0.1) is 18.1 Å². The fourth-order valence-corrected chi connectivity index (χ4v) is 7.29. The summed E-state index contributed by atoms with van der Waals surface area (Å²) in [5, 5.41) is 6.77. The molecule has 1 aromatic heterocycles. The molecule has 1 fully saturated rings. The van der Waals surface area contributed by atoms with Crippen LogP contribution in [0.25, 0.3) is 10.9 Å². The molecule has 4 aliphatic rings. The van der Waals surface area contributed by atoms with Gasteiger partial charge in [0.2, 0.25) is 0 Å². The molecule has 4 aromatic carbocycles. The lowest BCUT2D eigenvalue weighted by Gasteiger charge is -2.45. The van der Waals surface area contributed by atoms with Crippen LogP contribution in [0.15, 0.2) is 108 Å². The van der Waals surface area contributed by atoms with Gasteiger partial charge in [0.25, 0.3) is 11.8 Å². The lowest BCUT2D eigenvalue weighted by Crippen LogP contribution is -2.41. The SMILES string of the molecule is Cc1ccc(Cn2cc(C=NN3C(=O)C4C5c6ccccc6C(c6ccccc65)C4C3=O)c3ccccc32)cc1. The number of benzene rings is 4. The molecular formula is C35H27N3O2. The van der Waals surface area contributed by atoms with Gasteiger partial charge in [-0.25, -0.2) is 0 Å². The van der Waals surface area contributed by atoms with Crippen LogP contribution in [-0.4, -0.2) is 27.6 Å². The maximum Gasteiger partial charge on any atom is 0.254 e. The lowest BCUT2D eigenvalue weighted by atomic mass is 9.55. The van der Waals surface area contributed by atoms with Crippen molar-refractivity contribution in [3.05, 3.63) is 142 Å². The Morgan fingerprint density at radius 2 is 1.23 bits per heavy atom. The molecule has 9 rings (SSSR count). The zero-order valence-electron chi connectivity index (χ0n) is 22.1. The van der Waals surface area contributed by atoms with E-state index in [-0.39, 0.29) is 23.7 Å². The second-order valence-electron chi connectivity index (χ2n) is 11.2. The number of fused-ring (bicyclic) bond motifs is 1. The van der Waals surface area contributed by atoms with E-state index in [1.165, 1.54) is 33.4 Å². The van der Waals surface area contributed by atoms with E-state index in [9.17, 15) is 9.59 Å². The molecule has 2 amide bonds. The largest absolute Gasteiger partial charge is 0.342 e. The van der Waals surface area contributed by atoms with E-state index in [2.05, 4.69) is 83.5 Å². The highest BCUT2D eigenvalue weighted by Gasteiger charge is 2.61. The first kappa shape index (κ1) is 23.1. The van der Waals surface area contributed by atoms with Crippen molar-refractivity contribution in [2.75, 3.05) is 0 Å². The van der Waals surface area contributed by atoms with Crippen LogP contribution < -0.4 is 0 Å². The summed E-state index contributed by atoms with van der Waals surface area (Å²) in [4.78, 5) is 27.8. The van der Waals surface area contributed by atoms with E-state index in [4.69, 9.17) is 0 Å². The minimum Gasteiger partial charge on any atom is -0.342 e. The Labute approximate surface area is 232 Å². The van der Waals surface area contributed by atoms with Gasteiger partial charge in [-0.2, -0.15) is 10.1 Å². The number of imide groups is 1. The van der Waals surface area contributed by atoms with Crippen LogP contribution in [0.1, 0.15) is 50.8 Å². The van der Waals surface area contributed by atoms with E-state index in [1.54, 1.807) is 6.21 Å².